The van der Waals surface area contributed by atoms with E-state index in [1.54, 1.807) is 22.9 Å². The number of aryl methyl sites for hydroxylation is 1. The van der Waals surface area contributed by atoms with Crippen LogP contribution in [0, 0.1) is 6.92 Å². The molecule has 2 amide bonds. The lowest BCUT2D eigenvalue weighted by atomic mass is 10.0. The Labute approximate surface area is 121 Å². The van der Waals surface area contributed by atoms with Gasteiger partial charge >= 0.3 is 6.03 Å². The molecule has 20 heavy (non-hydrogen) atoms. The number of nitrogens with zero attached hydrogens (tertiary/aromatic N) is 2. The summed E-state index contributed by atoms with van der Waals surface area (Å²) < 4.78 is 0. The SMILES string of the molecule is Cc1ccccc1N1C(=O)NC2CSc3nccc1c32. The lowest BCUT2D eigenvalue weighted by Gasteiger charge is -2.33. The molecule has 0 saturated carbocycles. The minimum Gasteiger partial charge on any atom is -0.330 e. The Kier molecular flexibility index (Phi) is 2.50. The van der Waals surface area contributed by atoms with E-state index >= 15 is 0 Å². The Hall–Kier alpha value is -2.01. The number of carbonyl (C=O) groups excluding carboxylic acids is 1. The highest BCUT2D eigenvalue weighted by Gasteiger charge is 2.37. The maximum absolute atomic E-state index is 12.5. The van der Waals surface area contributed by atoms with Crippen molar-refractivity contribution in [2.24, 2.45) is 0 Å². The number of nitrogens with one attached hydrogen (secondary N) is 1. The summed E-state index contributed by atoms with van der Waals surface area (Å²) in [4.78, 5) is 18.7. The molecule has 0 fully saturated rings. The van der Waals surface area contributed by atoms with E-state index < -0.39 is 0 Å². The van der Waals surface area contributed by atoms with Gasteiger partial charge in [0.25, 0.3) is 0 Å². The van der Waals surface area contributed by atoms with Crippen LogP contribution in [0.5, 0.6) is 0 Å². The van der Waals surface area contributed by atoms with Crippen molar-refractivity contribution >= 4 is 29.2 Å². The number of hydrogen-bond donors (Lipinski definition) is 1. The van der Waals surface area contributed by atoms with E-state index in [1.807, 2.05) is 37.3 Å². The van der Waals surface area contributed by atoms with Crippen LogP contribution >= 0.6 is 11.8 Å². The van der Waals surface area contributed by atoms with Crippen molar-refractivity contribution in [3.8, 4) is 0 Å². The van der Waals surface area contributed by atoms with E-state index in [0.717, 1.165) is 33.3 Å². The molecule has 4 rings (SSSR count). The number of pyridine rings is 1. The van der Waals surface area contributed by atoms with E-state index in [0.29, 0.717) is 0 Å². The average Bonchev–Trinajstić information content (AvgIpc) is 2.85. The lowest BCUT2D eigenvalue weighted by Crippen LogP contribution is -2.44. The standard InChI is InChI=1S/C15H13N3OS/c1-9-4-2-3-5-11(9)18-12-6-7-16-14-13(12)10(8-20-14)17-15(18)19/h2-7,10H,8H2,1H3,(H,17,19). The zero-order valence-corrected chi connectivity index (χ0v) is 11.8. The fourth-order valence-electron chi connectivity index (χ4n) is 2.82. The molecule has 5 heteroatoms. The van der Waals surface area contributed by atoms with Crippen LogP contribution in [0.2, 0.25) is 0 Å². The van der Waals surface area contributed by atoms with Crippen molar-refractivity contribution in [2.75, 3.05) is 10.7 Å². The van der Waals surface area contributed by atoms with Crippen LogP contribution in [-0.2, 0) is 0 Å². The van der Waals surface area contributed by atoms with Crippen LogP contribution in [0.3, 0.4) is 0 Å². The van der Waals surface area contributed by atoms with Gasteiger partial charge in [-0.2, -0.15) is 0 Å². The number of aromatic nitrogens is 1. The van der Waals surface area contributed by atoms with Gasteiger partial charge in [-0.3, -0.25) is 4.90 Å². The minimum absolute atomic E-state index is 0.0588. The van der Waals surface area contributed by atoms with E-state index in [-0.39, 0.29) is 12.1 Å². The van der Waals surface area contributed by atoms with Gasteiger partial charge < -0.3 is 5.32 Å². The van der Waals surface area contributed by atoms with Gasteiger partial charge in [0, 0.05) is 17.5 Å². The van der Waals surface area contributed by atoms with Gasteiger partial charge in [-0.25, -0.2) is 9.78 Å². The summed E-state index contributed by atoms with van der Waals surface area (Å²) in [5.41, 5.74) is 4.12. The van der Waals surface area contributed by atoms with E-state index in [2.05, 4.69) is 10.3 Å². The number of rotatable bonds is 1. The van der Waals surface area contributed by atoms with Gasteiger partial charge in [-0.1, -0.05) is 18.2 Å². The largest absolute Gasteiger partial charge is 0.330 e. The summed E-state index contributed by atoms with van der Waals surface area (Å²) in [5, 5.41) is 4.11. The van der Waals surface area contributed by atoms with Crippen molar-refractivity contribution in [1.82, 2.24) is 10.3 Å². The van der Waals surface area contributed by atoms with Crippen LogP contribution in [0.25, 0.3) is 0 Å². The first-order valence-electron chi connectivity index (χ1n) is 6.53. The first-order valence-corrected chi connectivity index (χ1v) is 7.52. The summed E-state index contributed by atoms with van der Waals surface area (Å²) >= 11 is 1.71. The molecule has 1 unspecified atom stereocenters. The fraction of sp³-hybridized carbons (Fsp3) is 0.200. The number of hydrogen-bond acceptors (Lipinski definition) is 3. The summed E-state index contributed by atoms with van der Waals surface area (Å²) in [5.74, 6) is 0.868. The van der Waals surface area contributed by atoms with Crippen molar-refractivity contribution in [3.05, 3.63) is 47.7 Å². The Morgan fingerprint density at radius 3 is 3.00 bits per heavy atom. The zero-order chi connectivity index (χ0) is 13.7. The summed E-state index contributed by atoms with van der Waals surface area (Å²) in [6, 6.07) is 9.90. The molecule has 0 radical (unpaired) electrons. The molecular weight excluding hydrogens is 270 g/mol. The monoisotopic (exact) mass is 283 g/mol. The molecule has 0 spiro atoms. The van der Waals surface area contributed by atoms with Crippen LogP contribution < -0.4 is 10.2 Å². The van der Waals surface area contributed by atoms with Gasteiger partial charge in [0.2, 0.25) is 0 Å². The predicted molar refractivity (Wildman–Crippen MR) is 79.6 cm³/mol. The third-order valence-corrected chi connectivity index (χ3v) is 4.86. The number of thioether (sulfide) groups is 1. The molecule has 1 aromatic carbocycles. The minimum atomic E-state index is -0.0588. The molecule has 4 nitrogen and oxygen atoms in total. The van der Waals surface area contributed by atoms with Gasteiger partial charge in [-0.05, 0) is 24.6 Å². The molecule has 0 bridgehead atoms. The maximum Gasteiger partial charge on any atom is 0.327 e. The molecule has 0 saturated heterocycles. The van der Waals surface area contributed by atoms with Gasteiger partial charge in [0.15, 0.2) is 0 Å². The summed E-state index contributed by atoms with van der Waals surface area (Å²) in [6.07, 6.45) is 1.79. The van der Waals surface area contributed by atoms with E-state index in [9.17, 15) is 4.79 Å². The Bertz CT molecular complexity index is 716. The fourth-order valence-corrected chi connectivity index (χ4v) is 3.93. The van der Waals surface area contributed by atoms with Gasteiger partial charge in [0.1, 0.15) is 5.03 Å². The normalized spacial score (nSPS) is 19.8. The van der Waals surface area contributed by atoms with Crippen LogP contribution in [-0.4, -0.2) is 16.8 Å². The Morgan fingerprint density at radius 2 is 2.15 bits per heavy atom. The molecule has 1 atom stereocenters. The maximum atomic E-state index is 12.5. The number of urea groups is 1. The number of amides is 2. The number of anilines is 2. The van der Waals surface area contributed by atoms with Crippen molar-refractivity contribution in [3.63, 3.8) is 0 Å². The van der Waals surface area contributed by atoms with Crippen LogP contribution in [0.4, 0.5) is 16.2 Å². The first-order chi connectivity index (χ1) is 9.75. The van der Waals surface area contributed by atoms with E-state index in [4.69, 9.17) is 0 Å². The Balaban J connectivity index is 1.94. The predicted octanol–water partition coefficient (Wildman–Crippen LogP) is 3.40. The number of benzene rings is 1. The number of para-hydroxylation sites is 1. The van der Waals surface area contributed by atoms with Crippen molar-refractivity contribution in [1.29, 1.82) is 0 Å². The molecule has 2 aromatic rings. The zero-order valence-electron chi connectivity index (χ0n) is 11.0. The van der Waals surface area contributed by atoms with Gasteiger partial charge in [-0.15, -0.1) is 11.8 Å². The average molecular weight is 283 g/mol. The highest BCUT2D eigenvalue weighted by Crippen LogP contribution is 2.46. The highest BCUT2D eigenvalue weighted by atomic mass is 32.2. The molecule has 3 heterocycles. The lowest BCUT2D eigenvalue weighted by molar-refractivity contribution is 0.244. The Morgan fingerprint density at radius 1 is 1.30 bits per heavy atom. The second-order valence-electron chi connectivity index (χ2n) is 4.98. The smallest absolute Gasteiger partial charge is 0.327 e. The van der Waals surface area contributed by atoms with Crippen LogP contribution in [0.1, 0.15) is 17.2 Å². The second-order valence-corrected chi connectivity index (χ2v) is 5.99. The van der Waals surface area contributed by atoms with Crippen molar-refractivity contribution in [2.45, 2.75) is 18.0 Å². The summed E-state index contributed by atoms with van der Waals surface area (Å²) in [7, 11) is 0. The van der Waals surface area contributed by atoms with Gasteiger partial charge in [0.05, 0.1) is 17.4 Å². The molecule has 2 aliphatic heterocycles. The first kappa shape index (κ1) is 11.8. The molecule has 1 N–H and O–H groups in total. The molecule has 0 aliphatic carbocycles. The quantitative estimate of drug-likeness (QED) is 0.872. The topological polar surface area (TPSA) is 45.2 Å². The summed E-state index contributed by atoms with van der Waals surface area (Å²) in [6.45, 7) is 2.02. The molecule has 100 valence electrons. The van der Waals surface area contributed by atoms with Crippen molar-refractivity contribution < 1.29 is 4.79 Å². The van der Waals surface area contributed by atoms with Crippen LogP contribution in [0.15, 0.2) is 41.6 Å². The molecular formula is C15H13N3OS. The molecule has 1 aromatic heterocycles. The molecule has 2 aliphatic rings. The third kappa shape index (κ3) is 1.56. The highest BCUT2D eigenvalue weighted by molar-refractivity contribution is 7.99. The second kappa shape index (κ2) is 4.24. The number of carbonyl (C=O) groups is 1. The third-order valence-electron chi connectivity index (χ3n) is 3.76. The van der Waals surface area contributed by atoms with E-state index in [1.165, 1.54) is 0 Å².